The Bertz CT molecular complexity index is 451. The number of hydrogen-bond acceptors (Lipinski definition) is 1. The number of nitrogens with zero attached hydrogens (tertiary/aromatic N) is 1. The highest BCUT2D eigenvalue weighted by Crippen LogP contribution is 2.24. The Morgan fingerprint density at radius 3 is 2.63 bits per heavy atom. The normalized spacial score (nSPS) is 17.7. The van der Waals surface area contributed by atoms with Gasteiger partial charge in [0.15, 0.2) is 0 Å². The molecule has 0 bridgehead atoms. The number of halogens is 2. The second kappa shape index (κ2) is 7.16. The van der Waals surface area contributed by atoms with E-state index in [1.165, 1.54) is 32.1 Å². The van der Waals surface area contributed by atoms with Crippen molar-refractivity contribution in [2.45, 2.75) is 38.5 Å². The smallest absolute Gasteiger partial charge is 0.0968 e. The van der Waals surface area contributed by atoms with Crippen LogP contribution in [0.3, 0.4) is 0 Å². The van der Waals surface area contributed by atoms with Crippen LogP contribution in [-0.2, 0) is 6.42 Å². The Labute approximate surface area is 125 Å². The molecule has 0 unspecified atom stereocenters. The predicted octanol–water partition coefficient (Wildman–Crippen LogP) is 4.47. The lowest BCUT2D eigenvalue weighted by molar-refractivity contribution is 0.436. The van der Waals surface area contributed by atoms with Gasteiger partial charge in [0.2, 0.25) is 0 Å². The summed E-state index contributed by atoms with van der Waals surface area (Å²) in [5.41, 5.74) is 7.15. The van der Waals surface area contributed by atoms with Crippen molar-refractivity contribution < 1.29 is 0 Å². The summed E-state index contributed by atoms with van der Waals surface area (Å²) in [7, 11) is 0. The van der Waals surface area contributed by atoms with Gasteiger partial charge in [0.25, 0.3) is 0 Å². The highest BCUT2D eigenvalue weighted by Gasteiger charge is 2.16. The van der Waals surface area contributed by atoms with Gasteiger partial charge in [-0.15, -0.1) is 0 Å². The van der Waals surface area contributed by atoms with E-state index in [4.69, 9.17) is 28.9 Å². The van der Waals surface area contributed by atoms with Crippen molar-refractivity contribution >= 4 is 29.0 Å². The maximum Gasteiger partial charge on any atom is 0.0968 e. The van der Waals surface area contributed by atoms with Crippen LogP contribution in [0.5, 0.6) is 0 Å². The molecule has 0 heterocycles. The molecular weight excluding hydrogens is 279 g/mol. The number of amidine groups is 1. The molecule has 0 aromatic heterocycles. The van der Waals surface area contributed by atoms with Crippen LogP contribution in [0.1, 0.15) is 37.7 Å². The van der Waals surface area contributed by atoms with Crippen LogP contribution in [0.15, 0.2) is 23.2 Å². The van der Waals surface area contributed by atoms with Gasteiger partial charge in [-0.25, -0.2) is 0 Å². The molecule has 2 N–H and O–H groups in total. The zero-order valence-electron chi connectivity index (χ0n) is 11.0. The maximum absolute atomic E-state index is 6.13. The molecule has 0 radical (unpaired) electrons. The molecule has 19 heavy (non-hydrogen) atoms. The molecule has 4 heteroatoms. The van der Waals surface area contributed by atoms with Crippen LogP contribution in [-0.4, -0.2) is 12.4 Å². The summed E-state index contributed by atoms with van der Waals surface area (Å²) in [5.74, 6) is 1.32. The average molecular weight is 299 g/mol. The first-order valence-electron chi connectivity index (χ1n) is 6.90. The third kappa shape index (κ3) is 4.39. The molecule has 1 aliphatic rings. The standard InChI is InChI=1S/C15H20Cl2N2/c16-13-7-6-11(14(17)10-13)8-9-19-15(18)12-4-2-1-3-5-12/h6-7,10,12H,1-5,8-9H2,(H2,18,19). The first-order valence-corrected chi connectivity index (χ1v) is 7.66. The van der Waals surface area contributed by atoms with Crippen molar-refractivity contribution in [3.63, 3.8) is 0 Å². The molecular formula is C15H20Cl2N2. The Hall–Kier alpha value is -0.730. The van der Waals surface area contributed by atoms with Crippen molar-refractivity contribution in [2.75, 3.05) is 6.54 Å². The fraction of sp³-hybridized carbons (Fsp3) is 0.533. The Balaban J connectivity index is 1.87. The molecule has 1 aromatic carbocycles. The van der Waals surface area contributed by atoms with Crippen molar-refractivity contribution in [1.29, 1.82) is 0 Å². The SMILES string of the molecule is NC(=NCCc1ccc(Cl)cc1Cl)C1CCCCC1. The molecule has 1 aromatic rings. The van der Waals surface area contributed by atoms with E-state index in [9.17, 15) is 0 Å². The fourth-order valence-corrected chi connectivity index (χ4v) is 3.06. The van der Waals surface area contributed by atoms with Crippen molar-refractivity contribution in [2.24, 2.45) is 16.6 Å². The molecule has 0 saturated heterocycles. The largest absolute Gasteiger partial charge is 0.387 e. The van der Waals surface area contributed by atoms with Crippen LogP contribution in [0.25, 0.3) is 0 Å². The lowest BCUT2D eigenvalue weighted by Gasteiger charge is -2.20. The van der Waals surface area contributed by atoms with E-state index in [-0.39, 0.29) is 0 Å². The van der Waals surface area contributed by atoms with E-state index >= 15 is 0 Å². The summed E-state index contributed by atoms with van der Waals surface area (Å²) in [6.07, 6.45) is 7.09. The third-order valence-corrected chi connectivity index (χ3v) is 4.30. The molecule has 1 saturated carbocycles. The van der Waals surface area contributed by atoms with Crippen LogP contribution in [0.2, 0.25) is 10.0 Å². The van der Waals surface area contributed by atoms with Gasteiger partial charge in [-0.3, -0.25) is 4.99 Å². The summed E-state index contributed by atoms with van der Waals surface area (Å²) >= 11 is 12.0. The molecule has 2 nitrogen and oxygen atoms in total. The van der Waals surface area contributed by atoms with E-state index in [0.29, 0.717) is 22.5 Å². The van der Waals surface area contributed by atoms with Gasteiger partial charge in [0, 0.05) is 22.5 Å². The predicted molar refractivity (Wildman–Crippen MR) is 83.2 cm³/mol. The number of hydrogen-bond donors (Lipinski definition) is 1. The molecule has 0 spiro atoms. The zero-order chi connectivity index (χ0) is 13.7. The number of aliphatic imine (C=N–C) groups is 1. The highest BCUT2D eigenvalue weighted by atomic mass is 35.5. The molecule has 0 amide bonds. The minimum absolute atomic E-state index is 0.495. The first-order chi connectivity index (χ1) is 9.16. The second-order valence-corrected chi connectivity index (χ2v) is 5.97. The van der Waals surface area contributed by atoms with Gasteiger partial charge < -0.3 is 5.73 Å². The molecule has 1 aliphatic carbocycles. The van der Waals surface area contributed by atoms with Gasteiger partial charge in [0.1, 0.15) is 0 Å². The summed E-state index contributed by atoms with van der Waals surface area (Å²) < 4.78 is 0. The second-order valence-electron chi connectivity index (χ2n) is 5.13. The topological polar surface area (TPSA) is 38.4 Å². The van der Waals surface area contributed by atoms with E-state index in [1.807, 2.05) is 12.1 Å². The number of benzene rings is 1. The highest BCUT2D eigenvalue weighted by molar-refractivity contribution is 6.35. The average Bonchev–Trinajstić information content (AvgIpc) is 2.42. The maximum atomic E-state index is 6.13. The minimum atomic E-state index is 0.495. The molecule has 2 rings (SSSR count). The minimum Gasteiger partial charge on any atom is -0.387 e. The lowest BCUT2D eigenvalue weighted by atomic mass is 9.88. The van der Waals surface area contributed by atoms with Gasteiger partial charge in [-0.1, -0.05) is 48.5 Å². The molecule has 0 atom stereocenters. The quantitative estimate of drug-likeness (QED) is 0.646. The van der Waals surface area contributed by atoms with Gasteiger partial charge >= 0.3 is 0 Å². The monoisotopic (exact) mass is 298 g/mol. The van der Waals surface area contributed by atoms with E-state index in [1.54, 1.807) is 6.07 Å². The molecule has 104 valence electrons. The first kappa shape index (κ1) is 14.7. The Kier molecular flexibility index (Phi) is 5.53. The van der Waals surface area contributed by atoms with E-state index in [0.717, 1.165) is 17.8 Å². The van der Waals surface area contributed by atoms with Gasteiger partial charge in [-0.05, 0) is 37.0 Å². The summed E-state index contributed by atoms with van der Waals surface area (Å²) in [6.45, 7) is 0.698. The van der Waals surface area contributed by atoms with Crippen LogP contribution in [0.4, 0.5) is 0 Å². The van der Waals surface area contributed by atoms with Crippen molar-refractivity contribution in [3.8, 4) is 0 Å². The third-order valence-electron chi connectivity index (χ3n) is 3.71. The lowest BCUT2D eigenvalue weighted by Crippen LogP contribution is -2.26. The number of nitrogens with two attached hydrogens (primary N) is 1. The van der Waals surface area contributed by atoms with E-state index < -0.39 is 0 Å². The molecule has 0 aliphatic heterocycles. The van der Waals surface area contributed by atoms with Crippen molar-refractivity contribution in [3.05, 3.63) is 33.8 Å². The molecule has 1 fully saturated rings. The number of rotatable bonds is 4. The summed E-state index contributed by atoms with van der Waals surface area (Å²) in [5, 5.41) is 1.37. The zero-order valence-corrected chi connectivity index (χ0v) is 12.6. The Morgan fingerprint density at radius 2 is 1.95 bits per heavy atom. The van der Waals surface area contributed by atoms with Gasteiger partial charge in [0.05, 0.1) is 5.84 Å². The van der Waals surface area contributed by atoms with Crippen molar-refractivity contribution in [1.82, 2.24) is 0 Å². The van der Waals surface area contributed by atoms with Crippen LogP contribution < -0.4 is 5.73 Å². The van der Waals surface area contributed by atoms with Crippen LogP contribution >= 0.6 is 23.2 Å². The van der Waals surface area contributed by atoms with Crippen LogP contribution in [0, 0.1) is 5.92 Å². The Morgan fingerprint density at radius 1 is 1.21 bits per heavy atom. The summed E-state index contributed by atoms with van der Waals surface area (Å²) in [6, 6.07) is 5.58. The van der Waals surface area contributed by atoms with Gasteiger partial charge in [-0.2, -0.15) is 0 Å². The summed E-state index contributed by atoms with van der Waals surface area (Å²) in [4.78, 5) is 4.51. The fourth-order valence-electron chi connectivity index (χ4n) is 2.56. The van der Waals surface area contributed by atoms with E-state index in [2.05, 4.69) is 4.99 Å².